The number of nitrogens with one attached hydrogen (secondary N) is 1. The maximum Gasteiger partial charge on any atom is 0.336 e. The van der Waals surface area contributed by atoms with Crippen LogP contribution in [0.5, 0.6) is 5.75 Å². The number of rotatable bonds is 6. The monoisotopic (exact) mass is 429 g/mol. The van der Waals surface area contributed by atoms with Gasteiger partial charge in [0.2, 0.25) is 0 Å². The van der Waals surface area contributed by atoms with E-state index >= 15 is 0 Å². The Bertz CT molecular complexity index is 1270. The Morgan fingerprint density at radius 2 is 1.79 bits per heavy atom. The van der Waals surface area contributed by atoms with Crippen molar-refractivity contribution in [2.24, 2.45) is 0 Å². The zero-order valence-electron chi connectivity index (χ0n) is 15.5. The normalized spacial score (nSPS) is 11.7. The molecular weight excluding hydrogens is 411 g/mol. The molecule has 148 valence electrons. The topological polar surface area (TPSA) is 63.0 Å². The smallest absolute Gasteiger partial charge is 0.336 e. The number of aromatic amines is 1. The lowest BCUT2D eigenvalue weighted by Crippen LogP contribution is -2.43. The van der Waals surface area contributed by atoms with Gasteiger partial charge >= 0.3 is 15.2 Å². The van der Waals surface area contributed by atoms with Gasteiger partial charge in [0.25, 0.3) is 0 Å². The van der Waals surface area contributed by atoms with Crippen LogP contribution in [0.25, 0.3) is 11.0 Å². The summed E-state index contributed by atoms with van der Waals surface area (Å²) in [7, 11) is -2.33. The number of methoxy groups -OCH3 is 1. The fraction of sp³-hybridized carbons (Fsp3) is 0.0952. The molecule has 0 fully saturated rings. The second-order valence-electron chi connectivity index (χ2n) is 6.31. The van der Waals surface area contributed by atoms with Crippen molar-refractivity contribution < 1.29 is 21.5 Å². The maximum atomic E-state index is 13.5. The summed E-state index contributed by atoms with van der Waals surface area (Å²) in [6, 6.07) is 19.7. The minimum atomic E-state index is -3.86. The number of benzene rings is 3. The number of hydrogen-bond acceptors (Lipinski definition) is 4. The predicted octanol–water partition coefficient (Wildman–Crippen LogP) is 4.13. The Morgan fingerprint density at radius 1 is 1.03 bits per heavy atom. The van der Waals surface area contributed by atoms with Gasteiger partial charge in [-0.25, -0.2) is 9.37 Å². The maximum absolute atomic E-state index is 13.5. The molecule has 0 saturated carbocycles. The summed E-state index contributed by atoms with van der Waals surface area (Å²) >= 11 is 1.30. The third kappa shape index (κ3) is 3.86. The number of H-pyrrole nitrogens is 1. The molecule has 8 heteroatoms. The molecule has 5 nitrogen and oxygen atoms in total. The van der Waals surface area contributed by atoms with E-state index in [9.17, 15) is 12.8 Å². The van der Waals surface area contributed by atoms with Crippen LogP contribution in [0.2, 0.25) is 0 Å². The fourth-order valence-corrected chi connectivity index (χ4v) is 5.70. The van der Waals surface area contributed by atoms with Crippen LogP contribution in [0.3, 0.4) is 0 Å². The van der Waals surface area contributed by atoms with Crippen LogP contribution in [-0.2, 0) is 15.8 Å². The number of aromatic nitrogens is 2. The molecule has 29 heavy (non-hydrogen) atoms. The van der Waals surface area contributed by atoms with Crippen molar-refractivity contribution in [1.29, 1.82) is 0 Å². The highest BCUT2D eigenvalue weighted by atomic mass is 32.2. The predicted molar refractivity (Wildman–Crippen MR) is 110 cm³/mol. The highest BCUT2D eigenvalue weighted by Crippen LogP contribution is 2.25. The lowest BCUT2D eigenvalue weighted by atomic mass is 10.2. The van der Waals surface area contributed by atoms with Gasteiger partial charge in [-0.2, -0.15) is 8.42 Å². The van der Waals surface area contributed by atoms with Crippen molar-refractivity contribution >= 4 is 32.8 Å². The number of nitrogens with zero attached hydrogens (tertiary/aromatic N) is 1. The molecule has 1 heterocycles. The van der Waals surface area contributed by atoms with E-state index < -0.39 is 10.0 Å². The highest BCUT2D eigenvalue weighted by molar-refractivity contribution is 7.98. The summed E-state index contributed by atoms with van der Waals surface area (Å²) in [5.41, 5.74) is 2.01. The molecular formula is C21H18FN2O3S2+. The molecule has 0 aliphatic heterocycles. The molecule has 0 spiro atoms. The summed E-state index contributed by atoms with van der Waals surface area (Å²) in [5.74, 6) is 0.676. The number of para-hydroxylation sites is 2. The Balaban J connectivity index is 1.78. The molecule has 0 bridgehead atoms. The zero-order chi connectivity index (χ0) is 20.4. The third-order valence-electron chi connectivity index (χ3n) is 4.41. The van der Waals surface area contributed by atoms with Gasteiger partial charge in [-0.1, -0.05) is 24.3 Å². The molecule has 3 aromatic carbocycles. The van der Waals surface area contributed by atoms with E-state index in [1.165, 1.54) is 47.1 Å². The van der Waals surface area contributed by atoms with Gasteiger partial charge in [0, 0.05) is 5.75 Å². The molecule has 1 aromatic heterocycles. The van der Waals surface area contributed by atoms with Crippen molar-refractivity contribution in [1.82, 2.24) is 4.98 Å². The van der Waals surface area contributed by atoms with Crippen LogP contribution >= 0.6 is 11.8 Å². The standard InChI is InChI=1S/C21H17FN2O3S2/c1-27-17-9-11-18(12-10-17)29(25,26)24-20-8-3-2-7-19(20)23-21(24)28-14-15-5-4-6-16(22)13-15/h2-13H,14H2,1H3/p+1. The van der Waals surface area contributed by atoms with Crippen LogP contribution in [0.1, 0.15) is 5.56 Å². The number of imidazole rings is 1. The number of halogens is 1. The summed E-state index contributed by atoms with van der Waals surface area (Å²) < 4.78 is 46.8. The van der Waals surface area contributed by atoms with E-state index in [0.717, 1.165) is 5.56 Å². The summed E-state index contributed by atoms with van der Waals surface area (Å²) in [6.45, 7) is 0. The fourth-order valence-electron chi connectivity index (χ4n) is 3.00. The van der Waals surface area contributed by atoms with E-state index in [1.54, 1.807) is 36.4 Å². The minimum absolute atomic E-state index is 0.153. The molecule has 0 atom stereocenters. The average Bonchev–Trinajstić information content (AvgIpc) is 3.11. The Hall–Kier alpha value is -2.84. The van der Waals surface area contributed by atoms with Gasteiger partial charge in [0.15, 0.2) is 11.0 Å². The van der Waals surface area contributed by atoms with Gasteiger partial charge in [0.05, 0.1) is 7.11 Å². The van der Waals surface area contributed by atoms with Crippen molar-refractivity contribution in [3.63, 3.8) is 0 Å². The first-order chi connectivity index (χ1) is 14.0. The summed E-state index contributed by atoms with van der Waals surface area (Å²) in [5, 5.41) is 0.450. The Morgan fingerprint density at radius 3 is 2.52 bits per heavy atom. The quantitative estimate of drug-likeness (QED) is 0.370. The van der Waals surface area contributed by atoms with Crippen LogP contribution in [-0.4, -0.2) is 20.5 Å². The van der Waals surface area contributed by atoms with Crippen molar-refractivity contribution in [2.45, 2.75) is 15.8 Å². The highest BCUT2D eigenvalue weighted by Gasteiger charge is 2.31. The SMILES string of the molecule is COc1ccc(S(=O)(=O)[n+]2c(SCc3cccc(F)c3)[nH]c3ccccc32)cc1. The first-order valence-electron chi connectivity index (χ1n) is 8.79. The number of hydrogen-bond donors (Lipinski definition) is 1. The molecule has 0 unspecified atom stereocenters. The number of thioether (sulfide) groups is 1. The lowest BCUT2D eigenvalue weighted by Gasteiger charge is -2.05. The minimum Gasteiger partial charge on any atom is -0.497 e. The molecule has 1 N–H and O–H groups in total. The molecule has 0 radical (unpaired) electrons. The van der Waals surface area contributed by atoms with E-state index in [4.69, 9.17) is 4.74 Å². The first-order valence-corrected chi connectivity index (χ1v) is 11.2. The van der Waals surface area contributed by atoms with Crippen molar-refractivity contribution in [3.8, 4) is 5.75 Å². The zero-order valence-corrected chi connectivity index (χ0v) is 17.1. The lowest BCUT2D eigenvalue weighted by molar-refractivity contribution is -0.526. The summed E-state index contributed by atoms with van der Waals surface area (Å²) in [4.78, 5) is 3.33. The van der Waals surface area contributed by atoms with E-state index in [1.807, 2.05) is 12.1 Å². The second kappa shape index (κ2) is 7.88. The molecule has 0 amide bonds. The van der Waals surface area contributed by atoms with Crippen LogP contribution in [0.15, 0.2) is 82.8 Å². The van der Waals surface area contributed by atoms with E-state index in [0.29, 0.717) is 27.7 Å². The molecule has 0 aliphatic rings. The van der Waals surface area contributed by atoms with Gasteiger partial charge < -0.3 is 4.74 Å². The molecule has 0 saturated heterocycles. The van der Waals surface area contributed by atoms with Crippen molar-refractivity contribution in [3.05, 3.63) is 84.2 Å². The van der Waals surface area contributed by atoms with Gasteiger partial charge in [-0.3, -0.25) is 0 Å². The molecule has 4 rings (SSSR count). The van der Waals surface area contributed by atoms with Crippen LogP contribution in [0.4, 0.5) is 4.39 Å². The number of ether oxygens (including phenoxy) is 1. The summed E-state index contributed by atoms with van der Waals surface area (Å²) in [6.07, 6.45) is 0. The molecule has 4 aromatic rings. The average molecular weight is 430 g/mol. The van der Waals surface area contributed by atoms with Crippen molar-refractivity contribution in [2.75, 3.05) is 7.11 Å². The van der Waals surface area contributed by atoms with Gasteiger partial charge in [-0.05, 0) is 65.9 Å². The number of fused-ring (bicyclic) bond motifs is 1. The van der Waals surface area contributed by atoms with Crippen LogP contribution < -0.4 is 8.71 Å². The Kier molecular flexibility index (Phi) is 5.29. The molecule has 0 aliphatic carbocycles. The van der Waals surface area contributed by atoms with Gasteiger partial charge in [0.1, 0.15) is 16.5 Å². The van der Waals surface area contributed by atoms with Gasteiger partial charge in [-0.15, -0.1) is 3.97 Å². The third-order valence-corrected chi connectivity index (χ3v) is 7.29. The van der Waals surface area contributed by atoms with Crippen LogP contribution in [0, 0.1) is 5.82 Å². The van der Waals surface area contributed by atoms with E-state index in [-0.39, 0.29) is 10.7 Å². The Labute approximate surface area is 172 Å². The van der Waals surface area contributed by atoms with E-state index in [2.05, 4.69) is 4.98 Å². The second-order valence-corrected chi connectivity index (χ2v) is 9.06. The first kappa shape index (κ1) is 19.5. The largest absolute Gasteiger partial charge is 0.497 e.